The van der Waals surface area contributed by atoms with Gasteiger partial charge in [0.15, 0.2) is 18.1 Å². The summed E-state index contributed by atoms with van der Waals surface area (Å²) in [5.74, 6) is 1.12. The van der Waals surface area contributed by atoms with Crippen LogP contribution in [0.4, 0.5) is 5.69 Å². The molecular formula is C24H25ClN2O6S. The molecule has 8 nitrogen and oxygen atoms in total. The molecule has 0 spiro atoms. The third kappa shape index (κ3) is 6.79. The fraction of sp³-hybridized carbons (Fsp3) is 0.208. The number of amides is 1. The molecule has 0 atom stereocenters. The first-order valence-electron chi connectivity index (χ1n) is 10.3. The van der Waals surface area contributed by atoms with Crippen molar-refractivity contribution in [2.24, 2.45) is 0 Å². The number of anilines is 1. The fourth-order valence-electron chi connectivity index (χ4n) is 3.06. The topological polar surface area (TPSA) is 103 Å². The maximum Gasteiger partial charge on any atom is 0.261 e. The zero-order valence-electron chi connectivity index (χ0n) is 18.7. The largest absolute Gasteiger partial charge is 0.493 e. The van der Waals surface area contributed by atoms with Crippen molar-refractivity contribution < 1.29 is 27.4 Å². The van der Waals surface area contributed by atoms with Crippen LogP contribution in [0.15, 0.2) is 71.6 Å². The summed E-state index contributed by atoms with van der Waals surface area (Å²) in [6.45, 7) is 0.133. The monoisotopic (exact) mass is 504 g/mol. The van der Waals surface area contributed by atoms with Crippen molar-refractivity contribution in [3.05, 3.63) is 77.3 Å². The molecule has 2 N–H and O–H groups in total. The van der Waals surface area contributed by atoms with Gasteiger partial charge in [-0.3, -0.25) is 9.52 Å². The molecule has 10 heteroatoms. The summed E-state index contributed by atoms with van der Waals surface area (Å²) in [6.07, 6.45) is 0.591. The molecule has 0 fully saturated rings. The third-order valence-electron chi connectivity index (χ3n) is 4.78. The number of hydrogen-bond acceptors (Lipinski definition) is 6. The lowest BCUT2D eigenvalue weighted by molar-refractivity contribution is -0.123. The number of benzene rings is 3. The maximum absolute atomic E-state index is 12.6. The molecule has 0 saturated heterocycles. The highest BCUT2D eigenvalue weighted by atomic mass is 35.5. The summed E-state index contributed by atoms with van der Waals surface area (Å²) in [5.41, 5.74) is 1.41. The number of sulfonamides is 1. The van der Waals surface area contributed by atoms with E-state index < -0.39 is 10.0 Å². The van der Waals surface area contributed by atoms with Crippen LogP contribution >= 0.6 is 11.6 Å². The Balaban J connectivity index is 1.51. The summed E-state index contributed by atoms with van der Waals surface area (Å²) in [5, 5.41) is 2.84. The Bertz CT molecular complexity index is 1240. The molecule has 0 unspecified atom stereocenters. The minimum atomic E-state index is -3.82. The SMILES string of the molecule is COc1ccc(CCNC(=O)COc2ccc(S(=O)(=O)Nc3ccccc3)cc2Cl)cc1OC. The summed E-state index contributed by atoms with van der Waals surface area (Å²) in [7, 11) is -0.687. The number of para-hydroxylation sites is 1. The summed E-state index contributed by atoms with van der Waals surface area (Å²) < 4.78 is 43.5. The zero-order chi connectivity index (χ0) is 24.6. The Morgan fingerprint density at radius 2 is 1.62 bits per heavy atom. The van der Waals surface area contributed by atoms with E-state index in [9.17, 15) is 13.2 Å². The highest BCUT2D eigenvalue weighted by Gasteiger charge is 2.17. The van der Waals surface area contributed by atoms with E-state index in [1.54, 1.807) is 50.6 Å². The van der Waals surface area contributed by atoms with Crippen LogP contribution in [0, 0.1) is 0 Å². The van der Waals surface area contributed by atoms with E-state index in [1.165, 1.54) is 18.2 Å². The number of ether oxygens (including phenoxy) is 3. The van der Waals surface area contributed by atoms with Crippen LogP contribution in [0.2, 0.25) is 5.02 Å². The molecule has 34 heavy (non-hydrogen) atoms. The van der Waals surface area contributed by atoms with Gasteiger partial charge in [0.25, 0.3) is 15.9 Å². The lowest BCUT2D eigenvalue weighted by Gasteiger charge is -2.12. The third-order valence-corrected chi connectivity index (χ3v) is 6.46. The van der Waals surface area contributed by atoms with Crippen molar-refractivity contribution in [1.82, 2.24) is 5.32 Å². The van der Waals surface area contributed by atoms with Crippen molar-refractivity contribution in [1.29, 1.82) is 0 Å². The Hall–Kier alpha value is -3.43. The number of hydrogen-bond donors (Lipinski definition) is 2. The van der Waals surface area contributed by atoms with Gasteiger partial charge in [-0.25, -0.2) is 8.42 Å². The molecule has 3 aromatic rings. The van der Waals surface area contributed by atoms with E-state index in [1.807, 2.05) is 12.1 Å². The van der Waals surface area contributed by atoms with Crippen LogP contribution in [-0.2, 0) is 21.2 Å². The average molecular weight is 505 g/mol. The van der Waals surface area contributed by atoms with Gasteiger partial charge >= 0.3 is 0 Å². The summed E-state index contributed by atoms with van der Waals surface area (Å²) in [6, 6.07) is 18.1. The van der Waals surface area contributed by atoms with Crippen LogP contribution in [-0.4, -0.2) is 41.7 Å². The predicted molar refractivity (Wildman–Crippen MR) is 130 cm³/mol. The standard InChI is InChI=1S/C24H25ClN2O6S/c1-31-22-10-8-17(14-23(22)32-2)12-13-26-24(28)16-33-21-11-9-19(15-20(21)25)34(29,30)27-18-6-4-3-5-7-18/h3-11,14-15,27H,12-13,16H2,1-2H3,(H,26,28). The maximum atomic E-state index is 12.6. The fourth-order valence-corrected chi connectivity index (χ4v) is 4.45. The second-order valence-electron chi connectivity index (χ2n) is 7.14. The first-order valence-corrected chi connectivity index (χ1v) is 12.2. The number of rotatable bonds is 11. The van der Waals surface area contributed by atoms with Gasteiger partial charge in [-0.2, -0.15) is 0 Å². The lowest BCUT2D eigenvalue weighted by Crippen LogP contribution is -2.30. The average Bonchev–Trinajstić information content (AvgIpc) is 2.83. The molecule has 0 saturated carbocycles. The first-order chi connectivity index (χ1) is 16.3. The van der Waals surface area contributed by atoms with E-state index in [2.05, 4.69) is 10.0 Å². The van der Waals surface area contributed by atoms with Crippen molar-refractivity contribution in [2.75, 3.05) is 32.1 Å². The molecule has 180 valence electrons. The smallest absolute Gasteiger partial charge is 0.261 e. The van der Waals surface area contributed by atoms with Crippen molar-refractivity contribution in [3.8, 4) is 17.2 Å². The molecule has 3 aromatic carbocycles. The van der Waals surface area contributed by atoms with Crippen molar-refractivity contribution in [2.45, 2.75) is 11.3 Å². The van der Waals surface area contributed by atoms with E-state index >= 15 is 0 Å². The molecule has 0 heterocycles. The first kappa shape index (κ1) is 25.2. The molecule has 1 amide bonds. The molecule has 0 aliphatic heterocycles. The highest BCUT2D eigenvalue weighted by Crippen LogP contribution is 2.29. The number of halogens is 1. The Kier molecular flexibility index (Phi) is 8.61. The van der Waals surface area contributed by atoms with Crippen LogP contribution in [0.25, 0.3) is 0 Å². The van der Waals surface area contributed by atoms with E-state index in [0.29, 0.717) is 30.2 Å². The second-order valence-corrected chi connectivity index (χ2v) is 9.23. The normalized spacial score (nSPS) is 10.9. The lowest BCUT2D eigenvalue weighted by atomic mass is 10.1. The van der Waals surface area contributed by atoms with Crippen LogP contribution in [0.1, 0.15) is 5.56 Å². The van der Waals surface area contributed by atoms with E-state index in [0.717, 1.165) is 5.56 Å². The minimum Gasteiger partial charge on any atom is -0.493 e. The Labute approximate surface area is 203 Å². The second kappa shape index (κ2) is 11.6. The molecule has 3 rings (SSSR count). The molecule has 0 bridgehead atoms. The Morgan fingerprint density at radius 1 is 0.912 bits per heavy atom. The molecule has 0 aliphatic carbocycles. The summed E-state index contributed by atoms with van der Waals surface area (Å²) in [4.78, 5) is 12.1. The van der Waals surface area contributed by atoms with Gasteiger partial charge in [-0.15, -0.1) is 0 Å². The van der Waals surface area contributed by atoms with E-state index in [-0.39, 0.29) is 28.2 Å². The summed E-state index contributed by atoms with van der Waals surface area (Å²) >= 11 is 6.19. The number of carbonyl (C=O) groups excluding carboxylic acids is 1. The van der Waals surface area contributed by atoms with Gasteiger partial charge < -0.3 is 19.5 Å². The van der Waals surface area contributed by atoms with Crippen molar-refractivity contribution in [3.63, 3.8) is 0 Å². The quantitative estimate of drug-likeness (QED) is 0.410. The highest BCUT2D eigenvalue weighted by molar-refractivity contribution is 7.92. The van der Waals surface area contributed by atoms with Gasteiger partial charge in [0.05, 0.1) is 24.1 Å². The Morgan fingerprint density at radius 3 is 2.29 bits per heavy atom. The number of nitrogens with one attached hydrogen (secondary N) is 2. The van der Waals surface area contributed by atoms with Crippen LogP contribution in [0.3, 0.4) is 0 Å². The molecule has 0 aromatic heterocycles. The zero-order valence-corrected chi connectivity index (χ0v) is 20.3. The van der Waals surface area contributed by atoms with Gasteiger partial charge in [0.1, 0.15) is 5.75 Å². The minimum absolute atomic E-state index is 0.0203. The van der Waals surface area contributed by atoms with Gasteiger partial charge in [-0.1, -0.05) is 35.9 Å². The predicted octanol–water partition coefficient (Wildman–Crippen LogP) is 3.90. The number of methoxy groups -OCH3 is 2. The molecule has 0 aliphatic rings. The molecular weight excluding hydrogens is 480 g/mol. The van der Waals surface area contributed by atoms with Crippen molar-refractivity contribution >= 4 is 33.2 Å². The van der Waals surface area contributed by atoms with Crippen LogP contribution in [0.5, 0.6) is 17.2 Å². The molecule has 0 radical (unpaired) electrons. The number of carbonyl (C=O) groups is 1. The van der Waals surface area contributed by atoms with Gasteiger partial charge in [0, 0.05) is 12.2 Å². The van der Waals surface area contributed by atoms with Gasteiger partial charge in [-0.05, 0) is 54.4 Å². The van der Waals surface area contributed by atoms with Crippen LogP contribution < -0.4 is 24.2 Å². The van der Waals surface area contributed by atoms with E-state index in [4.69, 9.17) is 25.8 Å². The van der Waals surface area contributed by atoms with Gasteiger partial charge in [0.2, 0.25) is 0 Å².